The van der Waals surface area contributed by atoms with E-state index in [1.807, 2.05) is 0 Å². The largest absolute Gasteiger partial charge is 0.444 e. The first-order valence-corrected chi connectivity index (χ1v) is 5.86. The molecule has 1 unspecified atom stereocenters. The minimum absolute atomic E-state index is 0.0640. The van der Waals surface area contributed by atoms with Crippen LogP contribution in [-0.2, 0) is 4.74 Å². The van der Waals surface area contributed by atoms with Crippen molar-refractivity contribution in [1.82, 2.24) is 10.2 Å². The van der Waals surface area contributed by atoms with Crippen molar-refractivity contribution in [3.63, 3.8) is 0 Å². The fourth-order valence-corrected chi connectivity index (χ4v) is 1.46. The van der Waals surface area contributed by atoms with Crippen LogP contribution in [0.25, 0.3) is 0 Å². The first-order chi connectivity index (χ1) is 8.19. The number of aliphatic hydroxyl groups excluding tert-OH is 1. The Hall–Kier alpha value is -0.950. The van der Waals surface area contributed by atoms with E-state index in [4.69, 9.17) is 9.84 Å². The molecule has 1 amide bonds. The lowest BCUT2D eigenvalue weighted by Crippen LogP contribution is -2.61. The highest BCUT2D eigenvalue weighted by molar-refractivity contribution is 5.69. The smallest absolute Gasteiger partial charge is 0.410 e. The van der Waals surface area contributed by atoms with Crippen LogP contribution in [0.4, 0.5) is 13.6 Å². The maximum Gasteiger partial charge on any atom is 0.410 e. The van der Waals surface area contributed by atoms with E-state index in [1.54, 1.807) is 20.8 Å². The Morgan fingerprint density at radius 2 is 2.06 bits per heavy atom. The van der Waals surface area contributed by atoms with Crippen LogP contribution < -0.4 is 5.32 Å². The number of rotatable bonds is 4. The van der Waals surface area contributed by atoms with E-state index in [0.29, 0.717) is 13.1 Å². The highest BCUT2D eigenvalue weighted by Crippen LogP contribution is 2.15. The second-order valence-electron chi connectivity index (χ2n) is 5.39. The molecule has 0 aromatic rings. The molecule has 1 atom stereocenters. The number of carbonyl (C=O) groups excluding carboxylic acids is 1. The van der Waals surface area contributed by atoms with Gasteiger partial charge in [0.1, 0.15) is 11.7 Å². The van der Waals surface area contributed by atoms with Crippen molar-refractivity contribution in [2.24, 2.45) is 0 Å². The van der Waals surface area contributed by atoms with Gasteiger partial charge in [-0.15, -0.1) is 0 Å². The van der Waals surface area contributed by atoms with Gasteiger partial charge in [-0.05, 0) is 20.8 Å². The Kier molecular flexibility index (Phi) is 4.86. The third-order valence-electron chi connectivity index (χ3n) is 2.44. The molecule has 7 heteroatoms. The van der Waals surface area contributed by atoms with Gasteiger partial charge >= 0.3 is 6.09 Å². The zero-order valence-electron chi connectivity index (χ0n) is 10.8. The third kappa shape index (κ3) is 4.73. The molecule has 0 saturated carbocycles. The number of aliphatic hydroxyl groups is 1. The molecule has 1 fully saturated rings. The van der Waals surface area contributed by atoms with Crippen LogP contribution in [0.15, 0.2) is 0 Å². The van der Waals surface area contributed by atoms with E-state index in [1.165, 1.54) is 4.90 Å². The number of nitrogens with zero attached hydrogens (tertiary/aromatic N) is 1. The Bertz CT molecular complexity index is 289. The van der Waals surface area contributed by atoms with E-state index in [2.05, 4.69) is 5.32 Å². The second kappa shape index (κ2) is 5.79. The molecule has 0 aliphatic carbocycles. The number of amides is 1. The third-order valence-corrected chi connectivity index (χ3v) is 2.44. The van der Waals surface area contributed by atoms with Crippen LogP contribution in [-0.4, -0.2) is 59.9 Å². The molecular weight excluding hydrogens is 246 g/mol. The molecule has 1 aliphatic heterocycles. The minimum atomic E-state index is -2.75. The van der Waals surface area contributed by atoms with Crippen molar-refractivity contribution in [1.29, 1.82) is 0 Å². The summed E-state index contributed by atoms with van der Waals surface area (Å²) in [5.41, 5.74) is -0.540. The van der Waals surface area contributed by atoms with Crippen molar-refractivity contribution in [3.05, 3.63) is 0 Å². The Labute approximate surface area is 105 Å². The lowest BCUT2D eigenvalue weighted by atomic mass is 10.1. The molecule has 0 bridgehead atoms. The summed E-state index contributed by atoms with van der Waals surface area (Å²) in [4.78, 5) is 13.0. The van der Waals surface area contributed by atoms with Crippen molar-refractivity contribution >= 4 is 6.09 Å². The van der Waals surface area contributed by atoms with Gasteiger partial charge in [0.25, 0.3) is 6.43 Å². The summed E-state index contributed by atoms with van der Waals surface area (Å²) < 4.78 is 29.2. The molecule has 1 aliphatic rings. The minimum Gasteiger partial charge on any atom is -0.444 e. The zero-order chi connectivity index (χ0) is 13.9. The Morgan fingerprint density at radius 3 is 2.50 bits per heavy atom. The van der Waals surface area contributed by atoms with Gasteiger partial charge in [-0.3, -0.25) is 0 Å². The lowest BCUT2D eigenvalue weighted by molar-refractivity contribution is -0.0145. The first-order valence-electron chi connectivity index (χ1n) is 5.86. The molecule has 18 heavy (non-hydrogen) atoms. The van der Waals surface area contributed by atoms with E-state index in [9.17, 15) is 13.6 Å². The van der Waals surface area contributed by atoms with Gasteiger partial charge in [0.15, 0.2) is 0 Å². The number of hydrogen-bond acceptors (Lipinski definition) is 4. The number of ether oxygens (including phenoxy) is 1. The predicted octanol–water partition coefficient (Wildman–Crippen LogP) is 0.821. The molecule has 5 nitrogen and oxygen atoms in total. The van der Waals surface area contributed by atoms with Gasteiger partial charge in [-0.1, -0.05) is 0 Å². The maximum absolute atomic E-state index is 12.0. The van der Waals surface area contributed by atoms with E-state index >= 15 is 0 Å². The normalized spacial score (nSPS) is 18.7. The van der Waals surface area contributed by atoms with Crippen LogP contribution in [0.2, 0.25) is 0 Å². The molecule has 0 radical (unpaired) electrons. The summed E-state index contributed by atoms with van der Waals surface area (Å²) >= 11 is 0. The SMILES string of the molecule is CC(C)(C)OC(=O)N1CC(NCC(O)C(F)F)C1. The van der Waals surface area contributed by atoms with Crippen molar-refractivity contribution in [2.75, 3.05) is 19.6 Å². The number of carbonyl (C=O) groups is 1. The summed E-state index contributed by atoms with van der Waals surface area (Å²) in [6.07, 6.45) is -4.82. The first kappa shape index (κ1) is 15.1. The van der Waals surface area contributed by atoms with Gasteiger partial charge in [0, 0.05) is 25.7 Å². The van der Waals surface area contributed by atoms with Crippen LogP contribution >= 0.6 is 0 Å². The number of alkyl halides is 2. The summed E-state index contributed by atoms with van der Waals surface area (Å²) in [5, 5.41) is 11.7. The molecule has 1 heterocycles. The van der Waals surface area contributed by atoms with Gasteiger partial charge in [-0.2, -0.15) is 0 Å². The monoisotopic (exact) mass is 266 g/mol. The van der Waals surface area contributed by atoms with Crippen LogP contribution in [0.1, 0.15) is 20.8 Å². The van der Waals surface area contributed by atoms with E-state index in [-0.39, 0.29) is 12.6 Å². The number of halogens is 2. The van der Waals surface area contributed by atoms with Gasteiger partial charge < -0.3 is 20.1 Å². The maximum atomic E-state index is 12.0. The molecule has 0 spiro atoms. The van der Waals surface area contributed by atoms with E-state index in [0.717, 1.165) is 0 Å². The molecule has 1 saturated heterocycles. The average molecular weight is 266 g/mol. The molecule has 1 rings (SSSR count). The number of hydrogen-bond donors (Lipinski definition) is 2. The zero-order valence-corrected chi connectivity index (χ0v) is 10.8. The Morgan fingerprint density at radius 1 is 1.50 bits per heavy atom. The van der Waals surface area contributed by atoms with Crippen LogP contribution in [0.5, 0.6) is 0 Å². The molecule has 106 valence electrons. The average Bonchev–Trinajstić information content (AvgIpc) is 2.11. The fourth-order valence-electron chi connectivity index (χ4n) is 1.46. The highest BCUT2D eigenvalue weighted by Gasteiger charge is 2.34. The summed E-state index contributed by atoms with van der Waals surface area (Å²) in [5.74, 6) is 0. The van der Waals surface area contributed by atoms with Gasteiger partial charge in [0.2, 0.25) is 0 Å². The van der Waals surface area contributed by atoms with Crippen LogP contribution in [0.3, 0.4) is 0 Å². The summed E-state index contributed by atoms with van der Waals surface area (Å²) in [6, 6.07) is -0.0640. The van der Waals surface area contributed by atoms with Crippen molar-refractivity contribution in [3.8, 4) is 0 Å². The van der Waals surface area contributed by atoms with Crippen molar-refractivity contribution in [2.45, 2.75) is 44.9 Å². The van der Waals surface area contributed by atoms with E-state index < -0.39 is 24.2 Å². The Balaban J connectivity index is 2.18. The number of likely N-dealkylation sites (tertiary alicyclic amines) is 1. The predicted molar refractivity (Wildman–Crippen MR) is 61.6 cm³/mol. The molecule has 2 N–H and O–H groups in total. The fraction of sp³-hybridized carbons (Fsp3) is 0.909. The molecular formula is C11H20F2N2O3. The summed E-state index contributed by atoms with van der Waals surface area (Å²) in [6.45, 7) is 5.97. The summed E-state index contributed by atoms with van der Waals surface area (Å²) in [7, 11) is 0. The van der Waals surface area contributed by atoms with Crippen molar-refractivity contribution < 1.29 is 23.4 Å². The highest BCUT2D eigenvalue weighted by atomic mass is 19.3. The quantitative estimate of drug-likeness (QED) is 0.791. The number of nitrogens with one attached hydrogen (secondary N) is 1. The van der Waals surface area contributed by atoms with Crippen LogP contribution in [0, 0.1) is 0 Å². The topological polar surface area (TPSA) is 61.8 Å². The van der Waals surface area contributed by atoms with Gasteiger partial charge in [0.05, 0.1) is 0 Å². The lowest BCUT2D eigenvalue weighted by Gasteiger charge is -2.40. The second-order valence-corrected chi connectivity index (χ2v) is 5.39. The molecule has 0 aromatic carbocycles. The van der Waals surface area contributed by atoms with Gasteiger partial charge in [-0.25, -0.2) is 13.6 Å². The standard InChI is InChI=1S/C11H20F2N2O3/c1-11(2,3)18-10(17)15-5-7(6-15)14-4-8(16)9(12)13/h7-9,14,16H,4-6H2,1-3H3. The molecule has 0 aromatic heterocycles.